The van der Waals surface area contributed by atoms with Crippen molar-refractivity contribution in [1.82, 2.24) is 30.2 Å². The van der Waals surface area contributed by atoms with E-state index in [0.29, 0.717) is 12.5 Å². The molecule has 4 aromatic rings. The molecule has 2 unspecified atom stereocenters. The second kappa shape index (κ2) is 11.3. The number of carbonyl (C=O) groups is 1. The van der Waals surface area contributed by atoms with Crippen LogP contribution in [0.4, 0.5) is 0 Å². The summed E-state index contributed by atoms with van der Waals surface area (Å²) in [7, 11) is -0.540. The standard InChI is InChI=1S/C33H43BN6O5/c1-19-16-21(13-14-23(19)20(2)36-29(41)27-37-30(43-39-27)31(3,4)5)26-24-17-22(34-44-32(6,7)33(8,9)45-34)18-35-28(24)40(38-26)25-12-10-11-15-42-25/h13-14,16-18,20,25H,10-12,15H2,1-9H3,(H,36,41). The zero-order valence-electron chi connectivity index (χ0n) is 27.7. The lowest BCUT2D eigenvalue weighted by atomic mass is 9.80. The summed E-state index contributed by atoms with van der Waals surface area (Å²) >= 11 is 0. The average molecular weight is 615 g/mol. The van der Waals surface area contributed by atoms with E-state index in [0.717, 1.165) is 58.1 Å². The predicted octanol–water partition coefficient (Wildman–Crippen LogP) is 5.58. The Morgan fingerprint density at radius 1 is 1.11 bits per heavy atom. The number of hydrogen-bond acceptors (Lipinski definition) is 9. The van der Waals surface area contributed by atoms with E-state index >= 15 is 0 Å². The van der Waals surface area contributed by atoms with Gasteiger partial charge in [0.15, 0.2) is 11.9 Å². The zero-order valence-corrected chi connectivity index (χ0v) is 27.7. The molecule has 11 nitrogen and oxygen atoms in total. The highest BCUT2D eigenvalue weighted by atomic mass is 16.7. The molecule has 238 valence electrons. The fraction of sp³-hybridized carbons (Fsp3) is 0.545. The van der Waals surface area contributed by atoms with Gasteiger partial charge in [-0.1, -0.05) is 38.1 Å². The van der Waals surface area contributed by atoms with Gasteiger partial charge >= 0.3 is 7.12 Å². The molecule has 2 saturated heterocycles. The average Bonchev–Trinajstić information content (AvgIpc) is 3.67. The summed E-state index contributed by atoms with van der Waals surface area (Å²) < 4.78 is 26.0. The minimum absolute atomic E-state index is 0.0216. The summed E-state index contributed by atoms with van der Waals surface area (Å²) in [5.41, 5.74) is 4.05. The summed E-state index contributed by atoms with van der Waals surface area (Å²) in [6, 6.07) is 7.95. The van der Waals surface area contributed by atoms with Crippen LogP contribution in [0.25, 0.3) is 22.3 Å². The monoisotopic (exact) mass is 614 g/mol. The predicted molar refractivity (Wildman–Crippen MR) is 171 cm³/mol. The first-order valence-corrected chi connectivity index (χ1v) is 15.8. The van der Waals surface area contributed by atoms with Crippen LogP contribution >= 0.6 is 0 Å². The number of ether oxygens (including phenoxy) is 1. The molecule has 45 heavy (non-hydrogen) atoms. The van der Waals surface area contributed by atoms with E-state index in [9.17, 15) is 4.79 Å². The Morgan fingerprint density at radius 3 is 2.47 bits per heavy atom. The van der Waals surface area contributed by atoms with Gasteiger partial charge in [-0.2, -0.15) is 10.1 Å². The van der Waals surface area contributed by atoms with Gasteiger partial charge in [0, 0.05) is 34.6 Å². The second-order valence-corrected chi connectivity index (χ2v) is 14.3. The maximum absolute atomic E-state index is 12.9. The summed E-state index contributed by atoms with van der Waals surface area (Å²) in [6.07, 6.45) is 4.64. The lowest BCUT2D eigenvalue weighted by Crippen LogP contribution is -2.41. The maximum Gasteiger partial charge on any atom is 0.496 e. The molecule has 1 aromatic carbocycles. The Balaban J connectivity index is 1.32. The SMILES string of the molecule is Cc1cc(-c2nn(C3CCCCO3)c3ncc(B4OC(C)(C)C(C)(C)O4)cc23)ccc1C(C)NC(=O)c1noc(C(C)(C)C)n1. The number of hydrogen-bond donors (Lipinski definition) is 1. The maximum atomic E-state index is 12.9. The molecule has 0 aliphatic carbocycles. The molecule has 5 heterocycles. The van der Waals surface area contributed by atoms with Crippen molar-refractivity contribution in [3.63, 3.8) is 0 Å². The van der Waals surface area contributed by atoms with Gasteiger partial charge in [-0.3, -0.25) is 4.79 Å². The van der Waals surface area contributed by atoms with Gasteiger partial charge in [0.05, 0.1) is 17.2 Å². The number of aryl methyl sites for hydroxylation is 1. The Morgan fingerprint density at radius 2 is 1.84 bits per heavy atom. The third-order valence-corrected chi connectivity index (χ3v) is 9.15. The fourth-order valence-electron chi connectivity index (χ4n) is 5.75. The van der Waals surface area contributed by atoms with E-state index in [1.807, 2.05) is 85.3 Å². The molecule has 1 amide bonds. The number of pyridine rings is 1. The molecule has 0 spiro atoms. The number of amides is 1. The summed E-state index contributed by atoms with van der Waals surface area (Å²) in [5.74, 6) is 0.0549. The third kappa shape index (κ3) is 5.91. The van der Waals surface area contributed by atoms with E-state index in [2.05, 4.69) is 27.6 Å². The van der Waals surface area contributed by atoms with Crippen LogP contribution in [0.1, 0.15) is 115 Å². The summed E-state index contributed by atoms with van der Waals surface area (Å²) in [6.45, 7) is 18.7. The lowest BCUT2D eigenvalue weighted by Gasteiger charge is -2.32. The van der Waals surface area contributed by atoms with Crippen LogP contribution in [0.2, 0.25) is 0 Å². The van der Waals surface area contributed by atoms with E-state index in [4.69, 9.17) is 28.7 Å². The van der Waals surface area contributed by atoms with Crippen molar-refractivity contribution in [3.05, 3.63) is 53.3 Å². The van der Waals surface area contributed by atoms with Gasteiger partial charge in [0.1, 0.15) is 5.69 Å². The largest absolute Gasteiger partial charge is 0.496 e. The first kappa shape index (κ1) is 31.4. The second-order valence-electron chi connectivity index (χ2n) is 14.3. The van der Waals surface area contributed by atoms with Gasteiger partial charge < -0.3 is 23.9 Å². The van der Waals surface area contributed by atoms with Crippen molar-refractivity contribution in [2.45, 2.75) is 110 Å². The molecular formula is C33H43BN6O5. The lowest BCUT2D eigenvalue weighted by molar-refractivity contribution is -0.0368. The van der Waals surface area contributed by atoms with Crippen LogP contribution in [0.15, 0.2) is 35.0 Å². The minimum Gasteiger partial charge on any atom is -0.399 e. The molecule has 2 fully saturated rings. The number of rotatable bonds is 6. The van der Waals surface area contributed by atoms with Gasteiger partial charge in [-0.25, -0.2) is 9.67 Å². The molecule has 0 saturated carbocycles. The van der Waals surface area contributed by atoms with Crippen LogP contribution < -0.4 is 10.8 Å². The van der Waals surface area contributed by atoms with E-state index in [1.54, 1.807) is 0 Å². The van der Waals surface area contributed by atoms with Crippen molar-refractivity contribution in [3.8, 4) is 11.3 Å². The van der Waals surface area contributed by atoms with Gasteiger partial charge in [0.2, 0.25) is 5.89 Å². The molecule has 3 aromatic heterocycles. The van der Waals surface area contributed by atoms with Gasteiger partial charge in [-0.05, 0) is 84.1 Å². The van der Waals surface area contributed by atoms with Crippen LogP contribution in [-0.4, -0.2) is 55.7 Å². The van der Waals surface area contributed by atoms with Crippen LogP contribution in [0.5, 0.6) is 0 Å². The van der Waals surface area contributed by atoms with Crippen molar-refractivity contribution >= 4 is 29.5 Å². The molecule has 2 atom stereocenters. The number of nitrogens with zero attached hydrogens (tertiary/aromatic N) is 5. The molecule has 0 bridgehead atoms. The number of carbonyl (C=O) groups excluding carboxylic acids is 1. The molecule has 6 rings (SSSR count). The summed E-state index contributed by atoms with van der Waals surface area (Å²) in [5, 5.41) is 12.9. The molecule has 1 N–H and O–H groups in total. The third-order valence-electron chi connectivity index (χ3n) is 9.15. The highest BCUT2D eigenvalue weighted by Crippen LogP contribution is 2.38. The zero-order chi connectivity index (χ0) is 32.3. The normalized spacial score (nSPS) is 20.5. The number of fused-ring (bicyclic) bond motifs is 1. The molecule has 2 aliphatic rings. The van der Waals surface area contributed by atoms with Crippen LogP contribution in [0, 0.1) is 6.92 Å². The Hall–Kier alpha value is -3.61. The van der Waals surface area contributed by atoms with Crippen molar-refractivity contribution in [2.75, 3.05) is 6.61 Å². The van der Waals surface area contributed by atoms with Crippen LogP contribution in [-0.2, 0) is 19.5 Å². The number of benzene rings is 1. The number of nitrogens with one attached hydrogen (secondary N) is 1. The highest BCUT2D eigenvalue weighted by molar-refractivity contribution is 6.62. The Kier molecular flexibility index (Phi) is 7.90. The van der Waals surface area contributed by atoms with Gasteiger partial charge in [0.25, 0.3) is 11.7 Å². The Bertz CT molecular complexity index is 1720. The quantitative estimate of drug-likeness (QED) is 0.277. The molecular weight excluding hydrogens is 571 g/mol. The first-order valence-electron chi connectivity index (χ1n) is 15.8. The molecule has 12 heteroatoms. The minimum atomic E-state index is -0.540. The van der Waals surface area contributed by atoms with Crippen molar-refractivity contribution in [2.24, 2.45) is 0 Å². The van der Waals surface area contributed by atoms with E-state index < -0.39 is 18.3 Å². The molecule has 2 aliphatic heterocycles. The van der Waals surface area contributed by atoms with Crippen LogP contribution in [0.3, 0.4) is 0 Å². The Labute approximate surface area is 264 Å². The molecule has 0 radical (unpaired) electrons. The van der Waals surface area contributed by atoms with Crippen molar-refractivity contribution in [1.29, 1.82) is 0 Å². The topological polar surface area (TPSA) is 126 Å². The number of aromatic nitrogens is 5. The van der Waals surface area contributed by atoms with E-state index in [1.165, 1.54) is 0 Å². The fourth-order valence-corrected chi connectivity index (χ4v) is 5.75. The van der Waals surface area contributed by atoms with Crippen molar-refractivity contribution < 1.29 is 23.4 Å². The van der Waals surface area contributed by atoms with E-state index in [-0.39, 0.29) is 29.4 Å². The highest BCUT2D eigenvalue weighted by Gasteiger charge is 2.52. The smallest absolute Gasteiger partial charge is 0.399 e. The van der Waals surface area contributed by atoms with Gasteiger partial charge in [-0.15, -0.1) is 0 Å². The summed E-state index contributed by atoms with van der Waals surface area (Å²) in [4.78, 5) is 22.1. The first-order chi connectivity index (χ1) is 21.1.